The van der Waals surface area contributed by atoms with E-state index < -0.39 is 0 Å². The topological polar surface area (TPSA) is 30.0 Å². The van der Waals surface area contributed by atoms with E-state index in [1.807, 2.05) is 30.5 Å². The molecule has 1 atom stereocenters. The van der Waals surface area contributed by atoms with Gasteiger partial charge >= 0.3 is 0 Å². The van der Waals surface area contributed by atoms with Crippen LogP contribution in [0.25, 0.3) is 5.57 Å². The summed E-state index contributed by atoms with van der Waals surface area (Å²) in [5.41, 5.74) is 1.53. The monoisotopic (exact) mass is 191 g/mol. The number of thioether (sulfide) groups is 1. The Hall–Kier alpha value is -1.09. The van der Waals surface area contributed by atoms with E-state index in [0.717, 1.165) is 11.3 Å². The van der Waals surface area contributed by atoms with Gasteiger partial charge in [0.15, 0.2) is 5.78 Å². The summed E-state index contributed by atoms with van der Waals surface area (Å²) in [6.45, 7) is 1.92. The van der Waals surface area contributed by atoms with Crippen LogP contribution in [-0.4, -0.2) is 16.0 Å². The zero-order valence-corrected chi connectivity index (χ0v) is 8.04. The zero-order valence-electron chi connectivity index (χ0n) is 7.23. The minimum atomic E-state index is 0.0528. The molecule has 0 spiro atoms. The van der Waals surface area contributed by atoms with Crippen molar-refractivity contribution in [2.45, 2.75) is 12.2 Å². The van der Waals surface area contributed by atoms with Crippen LogP contribution in [0.4, 0.5) is 0 Å². The van der Waals surface area contributed by atoms with Crippen LogP contribution in [0.5, 0.6) is 0 Å². The molecule has 66 valence electrons. The van der Waals surface area contributed by atoms with Crippen molar-refractivity contribution in [3.8, 4) is 0 Å². The minimum Gasteiger partial charge on any atom is -0.293 e. The number of hydrogen-bond donors (Lipinski definition) is 0. The fraction of sp³-hybridized carbons (Fsp3) is 0.200. The standard InChI is InChI=1S/C10H9NOS/c1-7-10(12)8(6-13-7)9-4-2-3-5-11-9/h2-7H,1H3. The lowest BCUT2D eigenvalue weighted by atomic mass is 10.1. The molecular weight excluding hydrogens is 182 g/mol. The molecule has 2 rings (SSSR count). The van der Waals surface area contributed by atoms with E-state index in [0.29, 0.717) is 0 Å². The molecule has 0 aromatic carbocycles. The second-order valence-corrected chi connectivity index (χ2v) is 4.10. The average molecular weight is 191 g/mol. The van der Waals surface area contributed by atoms with Crippen molar-refractivity contribution in [2.75, 3.05) is 0 Å². The van der Waals surface area contributed by atoms with Gasteiger partial charge in [-0.05, 0) is 24.5 Å². The van der Waals surface area contributed by atoms with Crippen LogP contribution in [-0.2, 0) is 4.79 Å². The average Bonchev–Trinajstić information content (AvgIpc) is 2.49. The van der Waals surface area contributed by atoms with Crippen LogP contribution in [0.15, 0.2) is 29.8 Å². The minimum absolute atomic E-state index is 0.0528. The van der Waals surface area contributed by atoms with Crippen molar-refractivity contribution in [2.24, 2.45) is 0 Å². The summed E-state index contributed by atoms with van der Waals surface area (Å²) in [5, 5.41) is 1.95. The van der Waals surface area contributed by atoms with Crippen molar-refractivity contribution in [3.05, 3.63) is 35.5 Å². The summed E-state index contributed by atoms with van der Waals surface area (Å²) in [7, 11) is 0. The third kappa shape index (κ3) is 1.52. The van der Waals surface area contributed by atoms with Crippen LogP contribution in [0, 0.1) is 0 Å². The normalized spacial score (nSPS) is 21.8. The summed E-state index contributed by atoms with van der Waals surface area (Å²) >= 11 is 1.56. The van der Waals surface area contributed by atoms with E-state index in [2.05, 4.69) is 4.98 Å². The Kier molecular flexibility index (Phi) is 2.19. The van der Waals surface area contributed by atoms with Crippen molar-refractivity contribution >= 4 is 23.1 Å². The Balaban J connectivity index is 2.34. The van der Waals surface area contributed by atoms with Crippen molar-refractivity contribution in [1.82, 2.24) is 4.98 Å². The van der Waals surface area contributed by atoms with Gasteiger partial charge in [-0.1, -0.05) is 6.07 Å². The first-order valence-corrected chi connectivity index (χ1v) is 5.04. The van der Waals surface area contributed by atoms with Gasteiger partial charge in [0, 0.05) is 6.20 Å². The number of ketones is 1. The number of carbonyl (C=O) groups is 1. The molecule has 1 aromatic rings. The molecular formula is C10H9NOS. The highest BCUT2D eigenvalue weighted by molar-refractivity contribution is 8.04. The van der Waals surface area contributed by atoms with Crippen molar-refractivity contribution < 1.29 is 4.79 Å². The number of pyridine rings is 1. The predicted octanol–water partition coefficient (Wildman–Crippen LogP) is 2.13. The third-order valence-electron chi connectivity index (χ3n) is 1.97. The number of rotatable bonds is 1. The number of carbonyl (C=O) groups excluding carboxylic acids is 1. The molecule has 1 unspecified atom stereocenters. The Bertz CT molecular complexity index is 358. The lowest BCUT2D eigenvalue weighted by Crippen LogP contribution is -2.09. The maximum atomic E-state index is 11.6. The first kappa shape index (κ1) is 8.51. The molecule has 1 aliphatic rings. The zero-order chi connectivity index (χ0) is 9.26. The van der Waals surface area contributed by atoms with Crippen LogP contribution in [0.3, 0.4) is 0 Å². The molecule has 0 radical (unpaired) electrons. The maximum absolute atomic E-state index is 11.6. The Labute approximate surface area is 81.1 Å². The summed E-state index contributed by atoms with van der Waals surface area (Å²) in [6, 6.07) is 5.60. The molecule has 3 heteroatoms. The van der Waals surface area contributed by atoms with E-state index in [9.17, 15) is 4.79 Å². The highest BCUT2D eigenvalue weighted by Gasteiger charge is 2.25. The van der Waals surface area contributed by atoms with Gasteiger partial charge in [0.25, 0.3) is 0 Å². The first-order valence-electron chi connectivity index (χ1n) is 4.10. The molecule has 0 amide bonds. The van der Waals surface area contributed by atoms with Gasteiger partial charge in [0.05, 0.1) is 16.5 Å². The SMILES string of the molecule is CC1SC=C(c2ccccn2)C1=O. The summed E-state index contributed by atoms with van der Waals surface area (Å²) in [6.07, 6.45) is 1.71. The molecule has 13 heavy (non-hydrogen) atoms. The number of allylic oxidation sites excluding steroid dienone is 1. The van der Waals surface area contributed by atoms with Crippen LogP contribution in [0.2, 0.25) is 0 Å². The van der Waals surface area contributed by atoms with E-state index >= 15 is 0 Å². The van der Waals surface area contributed by atoms with Crippen molar-refractivity contribution in [1.29, 1.82) is 0 Å². The summed E-state index contributed by atoms with van der Waals surface area (Å²) in [4.78, 5) is 15.7. The second kappa shape index (κ2) is 3.34. The highest BCUT2D eigenvalue weighted by atomic mass is 32.2. The van der Waals surface area contributed by atoms with Crippen LogP contribution < -0.4 is 0 Å². The largest absolute Gasteiger partial charge is 0.293 e. The molecule has 1 aromatic heterocycles. The smallest absolute Gasteiger partial charge is 0.178 e. The third-order valence-corrected chi connectivity index (χ3v) is 2.96. The molecule has 0 fully saturated rings. The molecule has 0 aliphatic carbocycles. The quantitative estimate of drug-likeness (QED) is 0.681. The Morgan fingerprint density at radius 1 is 1.46 bits per heavy atom. The number of Topliss-reactive ketones (excluding diaryl/α,β-unsaturated/α-hetero) is 1. The van der Waals surface area contributed by atoms with E-state index in [-0.39, 0.29) is 11.0 Å². The lowest BCUT2D eigenvalue weighted by molar-refractivity contribution is -0.112. The molecule has 0 bridgehead atoms. The molecule has 2 heterocycles. The van der Waals surface area contributed by atoms with Gasteiger partial charge in [0.1, 0.15) is 0 Å². The molecule has 0 N–H and O–H groups in total. The predicted molar refractivity (Wildman–Crippen MR) is 54.3 cm³/mol. The fourth-order valence-electron chi connectivity index (χ4n) is 1.22. The van der Waals surface area contributed by atoms with Crippen LogP contribution in [0.1, 0.15) is 12.6 Å². The van der Waals surface area contributed by atoms with Gasteiger partial charge < -0.3 is 0 Å². The summed E-state index contributed by atoms with van der Waals surface area (Å²) in [5.74, 6) is 0.184. The fourth-order valence-corrected chi connectivity index (χ4v) is 2.05. The molecule has 0 saturated heterocycles. The molecule has 1 aliphatic heterocycles. The number of aromatic nitrogens is 1. The van der Waals surface area contributed by atoms with Gasteiger partial charge in [0.2, 0.25) is 0 Å². The maximum Gasteiger partial charge on any atom is 0.178 e. The van der Waals surface area contributed by atoms with Gasteiger partial charge in [-0.15, -0.1) is 11.8 Å². The van der Waals surface area contributed by atoms with E-state index in [1.165, 1.54) is 0 Å². The Morgan fingerprint density at radius 3 is 2.85 bits per heavy atom. The second-order valence-electron chi connectivity index (χ2n) is 2.89. The van der Waals surface area contributed by atoms with Gasteiger partial charge in [-0.25, -0.2) is 0 Å². The Morgan fingerprint density at radius 2 is 2.31 bits per heavy atom. The molecule has 2 nitrogen and oxygen atoms in total. The van der Waals surface area contributed by atoms with Crippen molar-refractivity contribution in [3.63, 3.8) is 0 Å². The number of nitrogens with zero attached hydrogens (tertiary/aromatic N) is 1. The van der Waals surface area contributed by atoms with Gasteiger partial charge in [-0.3, -0.25) is 9.78 Å². The van der Waals surface area contributed by atoms with E-state index in [4.69, 9.17) is 0 Å². The van der Waals surface area contributed by atoms with E-state index in [1.54, 1.807) is 18.0 Å². The molecule has 0 saturated carbocycles. The van der Waals surface area contributed by atoms with Crippen LogP contribution >= 0.6 is 11.8 Å². The number of hydrogen-bond acceptors (Lipinski definition) is 3. The van der Waals surface area contributed by atoms with Gasteiger partial charge in [-0.2, -0.15) is 0 Å². The lowest BCUT2D eigenvalue weighted by Gasteiger charge is -2.00. The first-order chi connectivity index (χ1) is 6.29. The highest BCUT2D eigenvalue weighted by Crippen LogP contribution is 2.31. The summed E-state index contributed by atoms with van der Waals surface area (Å²) < 4.78 is 0.